The molecule has 1 saturated heterocycles. The fraction of sp³-hybridized carbons (Fsp3) is 0.500. The summed E-state index contributed by atoms with van der Waals surface area (Å²) in [4.78, 5) is 12.9. The zero-order valence-electron chi connectivity index (χ0n) is 12.8. The van der Waals surface area contributed by atoms with E-state index < -0.39 is 16.1 Å². The number of likely N-dealkylation sites (N-methyl/N-ethyl adjacent to an activating group) is 1. The van der Waals surface area contributed by atoms with E-state index in [0.717, 1.165) is 4.90 Å². The summed E-state index contributed by atoms with van der Waals surface area (Å²) in [6, 6.07) is 3.85. The Balaban J connectivity index is 1.58. The molecule has 0 aromatic heterocycles. The zero-order valence-corrected chi connectivity index (χ0v) is 13.7. The number of alkyl halides is 2. The second kappa shape index (κ2) is 5.85. The number of hydrogen-bond donors (Lipinski definition) is 2. The van der Waals surface area contributed by atoms with Gasteiger partial charge in [0, 0.05) is 18.2 Å². The number of anilines is 1. The molecule has 2 heterocycles. The quantitative estimate of drug-likeness (QED) is 0.764. The lowest BCUT2D eigenvalue weighted by atomic mass is 10.2. The molecule has 0 spiro atoms. The molecular weight excluding hydrogens is 346 g/mol. The first-order valence-corrected chi connectivity index (χ1v) is 9.18. The second-order valence-electron chi connectivity index (χ2n) is 6.00. The predicted octanol–water partition coefficient (Wildman–Crippen LogP) is -0.352. The van der Waals surface area contributed by atoms with Gasteiger partial charge in [-0.1, -0.05) is 0 Å². The van der Waals surface area contributed by atoms with Crippen LogP contribution in [0.15, 0.2) is 18.2 Å². The normalized spacial score (nSPS) is 24.5. The van der Waals surface area contributed by atoms with E-state index in [4.69, 9.17) is 0 Å². The molecule has 2 N–H and O–H groups in total. The third-order valence-corrected chi connectivity index (χ3v) is 5.82. The predicted molar refractivity (Wildman–Crippen MR) is 80.1 cm³/mol. The smallest absolute Gasteiger partial charge is 0.395 e. The van der Waals surface area contributed by atoms with E-state index in [2.05, 4.69) is 14.8 Å². The molecular formula is C14H17F2N2O5S+. The van der Waals surface area contributed by atoms with Gasteiger partial charge in [0.05, 0.1) is 12.8 Å². The molecule has 10 heteroatoms. The average Bonchev–Trinajstić information content (AvgIpc) is 2.95. The summed E-state index contributed by atoms with van der Waals surface area (Å²) in [5, 5.41) is 2.58. The number of carbonyl (C=O) groups is 1. The number of ether oxygens (including phenoxy) is 2. The van der Waals surface area contributed by atoms with Crippen LogP contribution in [0.5, 0.6) is 11.5 Å². The monoisotopic (exact) mass is 363 g/mol. The topological polar surface area (TPSA) is 86.1 Å². The molecule has 24 heavy (non-hydrogen) atoms. The first-order chi connectivity index (χ1) is 11.1. The Morgan fingerprint density at radius 3 is 2.75 bits per heavy atom. The standard InChI is InChI=1S/C14H16F2N2O5S/c1-18(10-4-5-24(20,21)8-10)7-13(19)17-9-2-3-11-12(6-9)23-14(15,16)22-11/h2-3,6,10H,4-5,7-8H2,1H3,(H,17,19)/p+1/t10-/m0/s1. The van der Waals surface area contributed by atoms with Crippen LogP contribution in [0.4, 0.5) is 14.5 Å². The molecule has 1 amide bonds. The molecule has 2 atom stereocenters. The Kier molecular flexibility index (Phi) is 4.12. The maximum Gasteiger partial charge on any atom is 0.586 e. The number of nitrogens with one attached hydrogen (secondary N) is 2. The maximum atomic E-state index is 13.0. The van der Waals surface area contributed by atoms with Crippen molar-refractivity contribution in [1.29, 1.82) is 0 Å². The third kappa shape index (κ3) is 3.75. The molecule has 0 saturated carbocycles. The summed E-state index contributed by atoms with van der Waals surface area (Å²) in [7, 11) is -1.25. The van der Waals surface area contributed by atoms with E-state index >= 15 is 0 Å². The molecule has 0 radical (unpaired) electrons. The van der Waals surface area contributed by atoms with Crippen molar-refractivity contribution in [3.8, 4) is 11.5 Å². The summed E-state index contributed by atoms with van der Waals surface area (Å²) in [5.41, 5.74) is 0.298. The van der Waals surface area contributed by atoms with Gasteiger partial charge in [-0.25, -0.2) is 8.42 Å². The lowest BCUT2D eigenvalue weighted by Gasteiger charge is -2.19. The van der Waals surface area contributed by atoms with Gasteiger partial charge >= 0.3 is 6.29 Å². The molecule has 3 rings (SSSR count). The van der Waals surface area contributed by atoms with Crippen LogP contribution in [0.1, 0.15) is 6.42 Å². The SMILES string of the molecule is C[NH+](CC(=O)Nc1ccc2c(c1)OC(F)(F)O2)[C@H]1CCS(=O)(=O)C1. The van der Waals surface area contributed by atoms with Gasteiger partial charge < -0.3 is 19.7 Å². The molecule has 1 aromatic carbocycles. The summed E-state index contributed by atoms with van der Waals surface area (Å²) in [6.45, 7) is 0.0742. The summed E-state index contributed by atoms with van der Waals surface area (Å²) < 4.78 is 57.5. The number of rotatable bonds is 4. The van der Waals surface area contributed by atoms with E-state index in [-0.39, 0.29) is 41.5 Å². The van der Waals surface area contributed by atoms with Gasteiger partial charge in [0.1, 0.15) is 11.8 Å². The molecule has 2 aliphatic heterocycles. The Bertz CT molecular complexity index is 768. The lowest BCUT2D eigenvalue weighted by Crippen LogP contribution is -3.14. The van der Waals surface area contributed by atoms with E-state index in [1.165, 1.54) is 18.2 Å². The minimum Gasteiger partial charge on any atom is -0.395 e. The lowest BCUT2D eigenvalue weighted by molar-refractivity contribution is -0.894. The highest BCUT2D eigenvalue weighted by Crippen LogP contribution is 2.42. The maximum absolute atomic E-state index is 13.0. The highest BCUT2D eigenvalue weighted by atomic mass is 32.2. The van der Waals surface area contributed by atoms with Crippen LogP contribution in [-0.2, 0) is 14.6 Å². The average molecular weight is 363 g/mol. The number of carbonyl (C=O) groups excluding carboxylic acids is 1. The fourth-order valence-electron chi connectivity index (χ4n) is 2.81. The molecule has 7 nitrogen and oxygen atoms in total. The van der Waals surface area contributed by atoms with Crippen LogP contribution < -0.4 is 19.7 Å². The number of fused-ring (bicyclic) bond motifs is 1. The molecule has 0 bridgehead atoms. The summed E-state index contributed by atoms with van der Waals surface area (Å²) >= 11 is 0. The Hall–Kier alpha value is -1.94. The van der Waals surface area contributed by atoms with Gasteiger partial charge in [-0.3, -0.25) is 4.79 Å². The van der Waals surface area contributed by atoms with Gasteiger partial charge in [0.15, 0.2) is 27.9 Å². The van der Waals surface area contributed by atoms with Crippen LogP contribution in [-0.4, -0.2) is 51.8 Å². The van der Waals surface area contributed by atoms with Crippen molar-refractivity contribution in [3.05, 3.63) is 18.2 Å². The van der Waals surface area contributed by atoms with Crippen molar-refractivity contribution in [2.75, 3.05) is 30.4 Å². The Labute approximate surface area is 137 Å². The van der Waals surface area contributed by atoms with Gasteiger partial charge in [0.25, 0.3) is 5.91 Å². The van der Waals surface area contributed by atoms with Crippen LogP contribution in [0.3, 0.4) is 0 Å². The number of benzene rings is 1. The van der Waals surface area contributed by atoms with Crippen molar-refractivity contribution in [1.82, 2.24) is 0 Å². The minimum atomic E-state index is -3.71. The van der Waals surface area contributed by atoms with Gasteiger partial charge in [-0.15, -0.1) is 8.78 Å². The Morgan fingerprint density at radius 2 is 2.08 bits per heavy atom. The van der Waals surface area contributed by atoms with E-state index in [1.54, 1.807) is 7.05 Å². The first kappa shape index (κ1) is 16.9. The number of amides is 1. The van der Waals surface area contributed by atoms with Crippen molar-refractivity contribution < 1.29 is 36.4 Å². The molecule has 1 fully saturated rings. The summed E-state index contributed by atoms with van der Waals surface area (Å²) in [5.74, 6) is -0.377. The van der Waals surface area contributed by atoms with Crippen molar-refractivity contribution in [2.24, 2.45) is 0 Å². The van der Waals surface area contributed by atoms with Crippen LogP contribution in [0.25, 0.3) is 0 Å². The fourth-order valence-corrected chi connectivity index (χ4v) is 4.69. The third-order valence-electron chi connectivity index (χ3n) is 4.05. The highest BCUT2D eigenvalue weighted by molar-refractivity contribution is 7.91. The van der Waals surface area contributed by atoms with Gasteiger partial charge in [-0.2, -0.15) is 0 Å². The van der Waals surface area contributed by atoms with Crippen molar-refractivity contribution in [2.45, 2.75) is 18.8 Å². The Morgan fingerprint density at radius 1 is 1.38 bits per heavy atom. The highest BCUT2D eigenvalue weighted by Gasteiger charge is 2.43. The number of quaternary nitrogens is 1. The van der Waals surface area contributed by atoms with Crippen molar-refractivity contribution in [3.63, 3.8) is 0 Å². The second-order valence-corrected chi connectivity index (χ2v) is 8.23. The number of halogens is 2. The van der Waals surface area contributed by atoms with E-state index in [0.29, 0.717) is 12.1 Å². The molecule has 2 aliphatic rings. The van der Waals surface area contributed by atoms with Gasteiger partial charge in [0.2, 0.25) is 0 Å². The largest absolute Gasteiger partial charge is 0.586 e. The molecule has 1 aromatic rings. The molecule has 132 valence electrons. The number of hydrogen-bond acceptors (Lipinski definition) is 5. The molecule has 1 unspecified atom stereocenters. The number of sulfone groups is 1. The van der Waals surface area contributed by atoms with E-state index in [9.17, 15) is 22.0 Å². The van der Waals surface area contributed by atoms with Crippen molar-refractivity contribution >= 4 is 21.4 Å². The summed E-state index contributed by atoms with van der Waals surface area (Å²) in [6.07, 6.45) is -3.18. The molecule has 0 aliphatic carbocycles. The first-order valence-electron chi connectivity index (χ1n) is 7.36. The minimum absolute atomic E-state index is 0.0742. The van der Waals surface area contributed by atoms with Crippen LogP contribution >= 0.6 is 0 Å². The zero-order chi connectivity index (χ0) is 17.5. The van der Waals surface area contributed by atoms with Crippen LogP contribution in [0.2, 0.25) is 0 Å². The van der Waals surface area contributed by atoms with E-state index in [1.807, 2.05) is 0 Å². The van der Waals surface area contributed by atoms with Gasteiger partial charge in [-0.05, 0) is 12.1 Å². The van der Waals surface area contributed by atoms with Crippen LogP contribution in [0, 0.1) is 0 Å².